The second kappa shape index (κ2) is 8.00. The second-order valence-electron chi connectivity index (χ2n) is 11.9. The summed E-state index contributed by atoms with van der Waals surface area (Å²) in [4.78, 5) is 0. The van der Waals surface area contributed by atoms with E-state index in [1.807, 2.05) is 0 Å². The highest BCUT2D eigenvalue weighted by atomic mass is 16.3. The summed E-state index contributed by atoms with van der Waals surface area (Å²) < 4.78 is 0. The molecule has 0 aliphatic heterocycles. The van der Waals surface area contributed by atoms with Gasteiger partial charge in [0.1, 0.15) is 0 Å². The van der Waals surface area contributed by atoms with Crippen molar-refractivity contribution < 1.29 is 5.11 Å². The van der Waals surface area contributed by atoms with Crippen LogP contribution in [0.3, 0.4) is 0 Å². The Hall–Kier alpha value is -0.0400. The fourth-order valence-corrected chi connectivity index (χ4v) is 8.85. The average Bonchev–Trinajstić information content (AvgIpc) is 2.98. The van der Waals surface area contributed by atoms with Gasteiger partial charge in [-0.25, -0.2) is 0 Å². The second-order valence-corrected chi connectivity index (χ2v) is 11.9. The lowest BCUT2D eigenvalue weighted by molar-refractivity contribution is -0.0821. The van der Waals surface area contributed by atoms with Crippen LogP contribution in [0.25, 0.3) is 0 Å². The first-order valence-electron chi connectivity index (χ1n) is 12.6. The van der Waals surface area contributed by atoms with Gasteiger partial charge in [0.25, 0.3) is 0 Å². The van der Waals surface area contributed by atoms with Gasteiger partial charge >= 0.3 is 0 Å². The Morgan fingerprint density at radius 2 is 1.63 bits per heavy atom. The van der Waals surface area contributed by atoms with E-state index in [4.69, 9.17) is 0 Å². The molecule has 27 heavy (non-hydrogen) atoms. The van der Waals surface area contributed by atoms with E-state index in [9.17, 15) is 5.11 Å². The van der Waals surface area contributed by atoms with Gasteiger partial charge in [-0.05, 0) is 111 Å². The minimum absolute atomic E-state index is 0.0132. The minimum atomic E-state index is 0.0132. The molecule has 0 aromatic carbocycles. The van der Waals surface area contributed by atoms with Crippen LogP contribution < -0.4 is 0 Å². The molecule has 9 atom stereocenters. The fraction of sp³-hybridized carbons (Fsp3) is 1.00. The van der Waals surface area contributed by atoms with Crippen LogP contribution in [-0.2, 0) is 0 Å². The minimum Gasteiger partial charge on any atom is -0.393 e. The monoisotopic (exact) mass is 374 g/mol. The van der Waals surface area contributed by atoms with E-state index in [1.54, 1.807) is 0 Å². The molecule has 0 aromatic heterocycles. The van der Waals surface area contributed by atoms with Gasteiger partial charge in [0.2, 0.25) is 0 Å². The van der Waals surface area contributed by atoms with Gasteiger partial charge in [0, 0.05) is 0 Å². The van der Waals surface area contributed by atoms with Crippen LogP contribution in [0, 0.1) is 52.8 Å². The summed E-state index contributed by atoms with van der Waals surface area (Å²) in [5.74, 6) is 7.63. The van der Waals surface area contributed by atoms with Gasteiger partial charge in [-0.2, -0.15) is 0 Å². The van der Waals surface area contributed by atoms with Gasteiger partial charge in [-0.15, -0.1) is 0 Å². The molecule has 5 unspecified atom stereocenters. The molecule has 156 valence electrons. The Balaban J connectivity index is 1.42. The van der Waals surface area contributed by atoms with Crippen molar-refractivity contribution >= 4 is 0 Å². The molecule has 0 saturated heterocycles. The Morgan fingerprint density at radius 1 is 0.852 bits per heavy atom. The summed E-state index contributed by atoms with van der Waals surface area (Å²) in [7, 11) is 0. The van der Waals surface area contributed by atoms with Crippen molar-refractivity contribution in [1.29, 1.82) is 0 Å². The molecule has 4 fully saturated rings. The summed E-state index contributed by atoms with van der Waals surface area (Å²) in [6, 6.07) is 0. The zero-order valence-electron chi connectivity index (χ0n) is 18.6. The Labute approximate surface area is 169 Å². The summed E-state index contributed by atoms with van der Waals surface area (Å²) in [6.07, 6.45) is 16.8. The SMILES string of the molecule is CC(C)CCC[C@H](C)[C@H]1CCC2C3CCC4C[C@@H](O)CCC4C3CC[C@@]21C. The number of fused-ring (bicyclic) bond motifs is 5. The van der Waals surface area contributed by atoms with Crippen LogP contribution in [-0.4, -0.2) is 11.2 Å². The predicted octanol–water partition coefficient (Wildman–Crippen LogP) is 7.08. The number of aliphatic hydroxyl groups is 1. The normalized spacial score (nSPS) is 48.0. The zero-order valence-corrected chi connectivity index (χ0v) is 18.6. The Kier molecular flexibility index (Phi) is 6.00. The van der Waals surface area contributed by atoms with Crippen molar-refractivity contribution in [2.45, 2.75) is 111 Å². The van der Waals surface area contributed by atoms with Gasteiger partial charge in [0.15, 0.2) is 0 Å². The third kappa shape index (κ3) is 3.76. The standard InChI is InChI=1S/C26H46O/c1-17(2)6-5-7-18(3)24-12-13-25-23-10-8-19-16-20(27)9-11-21(19)22(23)14-15-26(24,25)4/h17-25,27H,5-16H2,1-4H3/t18-,19?,20-,21?,22?,23?,24+,25?,26+/m0/s1. The Morgan fingerprint density at radius 3 is 2.41 bits per heavy atom. The quantitative estimate of drug-likeness (QED) is 0.545. The maximum absolute atomic E-state index is 10.1. The summed E-state index contributed by atoms with van der Waals surface area (Å²) in [6.45, 7) is 10.0. The molecule has 1 heteroatoms. The smallest absolute Gasteiger partial charge is 0.0543 e. The van der Waals surface area contributed by atoms with E-state index >= 15 is 0 Å². The van der Waals surface area contributed by atoms with E-state index in [2.05, 4.69) is 27.7 Å². The lowest BCUT2D eigenvalue weighted by Crippen LogP contribution is -2.49. The molecule has 0 spiro atoms. The molecule has 0 aromatic rings. The molecule has 4 saturated carbocycles. The first-order chi connectivity index (χ1) is 12.9. The van der Waals surface area contributed by atoms with E-state index in [0.717, 1.165) is 60.2 Å². The number of rotatable bonds is 5. The van der Waals surface area contributed by atoms with Gasteiger partial charge in [0.05, 0.1) is 6.10 Å². The Bertz CT molecular complexity index is 498. The first-order valence-corrected chi connectivity index (χ1v) is 12.6. The van der Waals surface area contributed by atoms with Crippen molar-refractivity contribution in [3.05, 3.63) is 0 Å². The molecule has 1 nitrogen and oxygen atoms in total. The lowest BCUT2D eigenvalue weighted by atomic mass is 9.49. The van der Waals surface area contributed by atoms with E-state index in [-0.39, 0.29) is 6.10 Å². The molecule has 4 aliphatic rings. The van der Waals surface area contributed by atoms with Crippen LogP contribution in [0.2, 0.25) is 0 Å². The first kappa shape index (κ1) is 20.2. The molecular weight excluding hydrogens is 328 g/mol. The molecule has 0 bridgehead atoms. The van der Waals surface area contributed by atoms with Gasteiger partial charge in [-0.3, -0.25) is 0 Å². The van der Waals surface area contributed by atoms with E-state index < -0.39 is 0 Å². The molecule has 0 heterocycles. The van der Waals surface area contributed by atoms with E-state index in [0.29, 0.717) is 5.41 Å². The van der Waals surface area contributed by atoms with Crippen LogP contribution >= 0.6 is 0 Å². The topological polar surface area (TPSA) is 20.2 Å². The molecule has 4 rings (SSSR count). The molecule has 4 aliphatic carbocycles. The van der Waals surface area contributed by atoms with Crippen LogP contribution in [0.5, 0.6) is 0 Å². The van der Waals surface area contributed by atoms with Crippen molar-refractivity contribution in [2.24, 2.45) is 52.8 Å². The summed E-state index contributed by atoms with van der Waals surface area (Å²) in [5.41, 5.74) is 0.638. The third-order valence-corrected chi connectivity index (χ3v) is 10.1. The lowest BCUT2D eigenvalue weighted by Gasteiger charge is -2.56. The number of hydrogen-bond donors (Lipinski definition) is 1. The highest BCUT2D eigenvalue weighted by Gasteiger charge is 2.57. The van der Waals surface area contributed by atoms with Crippen molar-refractivity contribution in [3.63, 3.8) is 0 Å². The van der Waals surface area contributed by atoms with Crippen LogP contribution in [0.15, 0.2) is 0 Å². The fourth-order valence-electron chi connectivity index (χ4n) is 8.85. The highest BCUT2D eigenvalue weighted by molar-refractivity contribution is 5.06. The summed E-state index contributed by atoms with van der Waals surface area (Å²) in [5, 5.41) is 10.1. The summed E-state index contributed by atoms with van der Waals surface area (Å²) >= 11 is 0. The predicted molar refractivity (Wildman–Crippen MR) is 114 cm³/mol. The highest BCUT2D eigenvalue weighted by Crippen LogP contribution is 2.65. The number of aliphatic hydroxyl groups excluding tert-OH is 1. The molecule has 1 N–H and O–H groups in total. The third-order valence-electron chi connectivity index (χ3n) is 10.1. The van der Waals surface area contributed by atoms with E-state index in [1.165, 1.54) is 64.2 Å². The zero-order chi connectivity index (χ0) is 19.2. The molecule has 0 radical (unpaired) electrons. The molecule has 0 amide bonds. The van der Waals surface area contributed by atoms with Crippen molar-refractivity contribution in [2.75, 3.05) is 0 Å². The van der Waals surface area contributed by atoms with Gasteiger partial charge < -0.3 is 5.11 Å². The molecular formula is C26H46O. The number of hydrogen-bond acceptors (Lipinski definition) is 1. The van der Waals surface area contributed by atoms with Crippen molar-refractivity contribution in [1.82, 2.24) is 0 Å². The maximum atomic E-state index is 10.1. The van der Waals surface area contributed by atoms with Crippen LogP contribution in [0.1, 0.15) is 105 Å². The maximum Gasteiger partial charge on any atom is 0.0543 e. The van der Waals surface area contributed by atoms with Gasteiger partial charge in [-0.1, -0.05) is 47.0 Å². The largest absolute Gasteiger partial charge is 0.393 e. The van der Waals surface area contributed by atoms with Crippen molar-refractivity contribution in [3.8, 4) is 0 Å². The van der Waals surface area contributed by atoms with Crippen LogP contribution in [0.4, 0.5) is 0 Å². The average molecular weight is 375 g/mol.